The minimum absolute atomic E-state index is 0.152. The lowest BCUT2D eigenvalue weighted by atomic mass is 10.1. The normalized spacial score (nSPS) is 12.4. The fraction of sp³-hybridized carbons (Fsp3) is 0.0333. The number of anilines is 1. The first-order valence-electron chi connectivity index (χ1n) is 12.8. The van der Waals surface area contributed by atoms with Gasteiger partial charge in [0.05, 0.1) is 10.6 Å². The summed E-state index contributed by atoms with van der Waals surface area (Å²) in [4.78, 5) is 11.6. The third-order valence-electron chi connectivity index (χ3n) is 6.44. The minimum Gasteiger partial charge on any atom is -0.505 e. The van der Waals surface area contributed by atoms with E-state index < -0.39 is 48.1 Å². The van der Waals surface area contributed by atoms with Crippen molar-refractivity contribution in [3.63, 3.8) is 0 Å². The molecule has 5 aromatic carbocycles. The summed E-state index contributed by atoms with van der Waals surface area (Å²) in [5.41, 5.74) is 0.298. The smallest absolute Gasteiger partial charge is 0.296 e. The van der Waals surface area contributed by atoms with Gasteiger partial charge in [-0.1, -0.05) is 48.5 Å². The summed E-state index contributed by atoms with van der Waals surface area (Å²) in [5.74, 6) is -0.692. The first kappa shape index (κ1) is 30.6. The minimum atomic E-state index is -5.06. The van der Waals surface area contributed by atoms with E-state index in [0.717, 1.165) is 23.8 Å². The molecule has 14 heteroatoms. The van der Waals surface area contributed by atoms with Crippen LogP contribution in [0.4, 0.5) is 17.1 Å². The predicted octanol–water partition coefficient (Wildman–Crippen LogP) is 8.14. The largest absolute Gasteiger partial charge is 0.505 e. The summed E-state index contributed by atoms with van der Waals surface area (Å²) in [7, 11) is -9.43. The van der Waals surface area contributed by atoms with Crippen LogP contribution >= 0.6 is 10.9 Å². The van der Waals surface area contributed by atoms with Crippen molar-refractivity contribution in [1.29, 1.82) is 0 Å². The summed E-state index contributed by atoms with van der Waals surface area (Å²) < 4.78 is 70.7. The Morgan fingerprint density at radius 2 is 1.43 bits per heavy atom. The highest BCUT2D eigenvalue weighted by Crippen LogP contribution is 2.50. The van der Waals surface area contributed by atoms with Gasteiger partial charge >= 0.3 is 0 Å². The molecule has 0 aromatic heterocycles. The average Bonchev–Trinajstić information content (AvgIpc) is 2.97. The highest BCUT2D eigenvalue weighted by molar-refractivity contribution is 8.19. The maximum Gasteiger partial charge on any atom is 0.296 e. The Kier molecular flexibility index (Phi) is 8.38. The molecule has 0 atom stereocenters. The molecular formula is C30H25N3O9S2. The number of hydrogen-bond donors (Lipinski definition) is 6. The molecular weight excluding hydrogens is 610 g/mol. The molecule has 0 aliphatic heterocycles. The number of amides is 1. The Morgan fingerprint density at radius 3 is 2.09 bits per heavy atom. The summed E-state index contributed by atoms with van der Waals surface area (Å²) in [6, 6.07) is 24.5. The number of carbonyl (C=O) groups is 1. The van der Waals surface area contributed by atoms with Crippen molar-refractivity contribution < 1.29 is 41.3 Å². The van der Waals surface area contributed by atoms with Crippen LogP contribution in [0.5, 0.6) is 17.2 Å². The number of rotatable bonds is 8. The molecule has 0 bridgehead atoms. The van der Waals surface area contributed by atoms with Crippen LogP contribution in [0.2, 0.25) is 0 Å². The van der Waals surface area contributed by atoms with Crippen LogP contribution in [0.3, 0.4) is 0 Å². The second kappa shape index (κ2) is 12.0. The van der Waals surface area contributed by atoms with Gasteiger partial charge in [-0.25, -0.2) is 0 Å². The SMILES string of the molecule is Cc1ccccc1Oc1ccccc1N=Nc1c(S(=O)(=O)O)cc2cc(S(O)(O)O)cc(NC(=O)c3ccccc3)c2c1O. The molecule has 5 rings (SSSR count). The molecule has 12 nitrogen and oxygen atoms in total. The number of nitrogens with zero attached hydrogens (tertiary/aromatic N) is 2. The zero-order valence-corrected chi connectivity index (χ0v) is 24.5. The van der Waals surface area contributed by atoms with Gasteiger partial charge in [0.1, 0.15) is 32.9 Å². The van der Waals surface area contributed by atoms with E-state index in [1.165, 1.54) is 18.2 Å². The van der Waals surface area contributed by atoms with Crippen molar-refractivity contribution >= 4 is 54.7 Å². The van der Waals surface area contributed by atoms with E-state index in [9.17, 15) is 36.5 Å². The number of aryl methyl sites for hydroxylation is 1. The van der Waals surface area contributed by atoms with E-state index in [0.29, 0.717) is 5.75 Å². The summed E-state index contributed by atoms with van der Waals surface area (Å²) in [5, 5.41) is 21.6. The maximum atomic E-state index is 13.0. The van der Waals surface area contributed by atoms with Crippen LogP contribution in [0, 0.1) is 6.92 Å². The van der Waals surface area contributed by atoms with E-state index in [-0.39, 0.29) is 33.5 Å². The Bertz CT molecular complexity index is 2030. The van der Waals surface area contributed by atoms with E-state index in [4.69, 9.17) is 4.74 Å². The molecule has 0 fully saturated rings. The Labute approximate surface area is 253 Å². The summed E-state index contributed by atoms with van der Waals surface area (Å²) >= 11 is 0. The molecule has 0 radical (unpaired) electrons. The third-order valence-corrected chi connectivity index (χ3v) is 8.17. The lowest BCUT2D eigenvalue weighted by Gasteiger charge is -2.22. The topological polar surface area (TPSA) is 198 Å². The average molecular weight is 636 g/mol. The van der Waals surface area contributed by atoms with Crippen LogP contribution in [0.15, 0.2) is 117 Å². The molecule has 6 N–H and O–H groups in total. The number of nitrogens with one attached hydrogen (secondary N) is 1. The monoisotopic (exact) mass is 635 g/mol. The van der Waals surface area contributed by atoms with Crippen molar-refractivity contribution in [3.05, 3.63) is 108 Å². The zero-order valence-electron chi connectivity index (χ0n) is 22.8. The van der Waals surface area contributed by atoms with E-state index in [1.54, 1.807) is 48.5 Å². The molecule has 0 unspecified atom stereocenters. The predicted molar refractivity (Wildman–Crippen MR) is 165 cm³/mol. The second-order valence-corrected chi connectivity index (χ2v) is 12.4. The second-order valence-electron chi connectivity index (χ2n) is 9.49. The molecule has 0 aliphatic rings. The van der Waals surface area contributed by atoms with Gasteiger partial charge in [-0.15, -0.1) is 10.2 Å². The number of benzene rings is 5. The number of phenols is 1. The first-order valence-corrected chi connectivity index (χ1v) is 15.7. The van der Waals surface area contributed by atoms with Crippen LogP contribution in [0.1, 0.15) is 15.9 Å². The van der Waals surface area contributed by atoms with Crippen LogP contribution in [0.25, 0.3) is 10.8 Å². The molecule has 0 heterocycles. The number of hydrogen-bond acceptors (Lipinski definition) is 10. The Hall–Kier alpha value is -4.83. The molecule has 0 aliphatic carbocycles. The zero-order chi connectivity index (χ0) is 31.6. The summed E-state index contributed by atoms with van der Waals surface area (Å²) in [6.07, 6.45) is 0. The number of ether oxygens (including phenoxy) is 1. The number of para-hydroxylation sites is 2. The number of phenolic OH excluding ortho intramolecular Hbond substituents is 1. The van der Waals surface area contributed by atoms with Gasteiger partial charge in [-0.05, 0) is 66.4 Å². The van der Waals surface area contributed by atoms with Gasteiger partial charge in [-0.3, -0.25) is 9.35 Å². The van der Waals surface area contributed by atoms with Gasteiger partial charge in [-0.2, -0.15) is 8.42 Å². The number of carbonyl (C=O) groups excluding carboxylic acids is 1. The Morgan fingerprint density at radius 1 is 0.795 bits per heavy atom. The van der Waals surface area contributed by atoms with Crippen LogP contribution in [-0.4, -0.2) is 37.6 Å². The lowest BCUT2D eigenvalue weighted by Crippen LogP contribution is -2.12. The number of fused-ring (bicyclic) bond motifs is 1. The number of azo groups is 1. The van der Waals surface area contributed by atoms with E-state index in [2.05, 4.69) is 15.5 Å². The highest BCUT2D eigenvalue weighted by atomic mass is 32.3. The molecule has 1 amide bonds. The van der Waals surface area contributed by atoms with Crippen molar-refractivity contribution in [2.75, 3.05) is 5.32 Å². The number of aromatic hydroxyl groups is 1. The van der Waals surface area contributed by atoms with Crippen molar-refractivity contribution in [1.82, 2.24) is 0 Å². The van der Waals surface area contributed by atoms with Crippen molar-refractivity contribution in [3.8, 4) is 17.2 Å². The van der Waals surface area contributed by atoms with Crippen LogP contribution in [-0.2, 0) is 10.1 Å². The highest BCUT2D eigenvalue weighted by Gasteiger charge is 2.27. The molecule has 5 aromatic rings. The van der Waals surface area contributed by atoms with Gasteiger partial charge in [0.2, 0.25) is 0 Å². The molecule has 0 saturated heterocycles. The standard InChI is InChI=1S/C30H25N3O9S2/c1-18-9-5-7-13-24(18)42-25-14-8-6-12-22(25)32-33-28-26(44(39,40)41)16-20-15-21(43(36,37)38)17-23(27(20)29(28)34)31-30(35)19-10-3-2-4-11-19/h2-17,34,36-38H,1H3,(H,31,35)(H,39,40,41). The van der Waals surface area contributed by atoms with Gasteiger partial charge in [0.25, 0.3) is 16.0 Å². The lowest BCUT2D eigenvalue weighted by molar-refractivity contribution is 0.102. The quantitative estimate of drug-likeness (QED) is 0.0719. The van der Waals surface area contributed by atoms with Crippen molar-refractivity contribution in [2.45, 2.75) is 16.7 Å². The fourth-order valence-corrected chi connectivity index (χ4v) is 5.53. The van der Waals surface area contributed by atoms with E-state index >= 15 is 0 Å². The van der Waals surface area contributed by atoms with Gasteiger partial charge < -0.3 is 28.8 Å². The maximum absolute atomic E-state index is 13.0. The molecule has 0 spiro atoms. The third kappa shape index (κ3) is 6.55. The molecule has 44 heavy (non-hydrogen) atoms. The van der Waals surface area contributed by atoms with Crippen LogP contribution < -0.4 is 10.1 Å². The fourth-order valence-electron chi connectivity index (χ4n) is 4.31. The summed E-state index contributed by atoms with van der Waals surface area (Å²) in [6.45, 7) is 1.85. The van der Waals surface area contributed by atoms with Crippen molar-refractivity contribution in [2.24, 2.45) is 10.2 Å². The first-order chi connectivity index (χ1) is 20.8. The van der Waals surface area contributed by atoms with E-state index in [1.807, 2.05) is 19.1 Å². The molecule has 226 valence electrons. The Balaban J connectivity index is 1.69. The molecule has 0 saturated carbocycles. The van der Waals surface area contributed by atoms with Gasteiger partial charge in [0, 0.05) is 10.9 Å². The van der Waals surface area contributed by atoms with Gasteiger partial charge in [0.15, 0.2) is 11.5 Å².